The molecule has 1 unspecified atom stereocenters. The first kappa shape index (κ1) is 10.7. The minimum atomic E-state index is -0.525. The third-order valence-electron chi connectivity index (χ3n) is 3.04. The van der Waals surface area contributed by atoms with Gasteiger partial charge in [0.15, 0.2) is 5.78 Å². The fourth-order valence-electron chi connectivity index (χ4n) is 1.98. The Kier molecular flexibility index (Phi) is 2.81. The number of carbonyl (C=O) groups excluding carboxylic acids is 1. The molecule has 1 aliphatic rings. The lowest BCUT2D eigenvalue weighted by molar-refractivity contribution is -0.126. The van der Waals surface area contributed by atoms with Crippen molar-refractivity contribution in [2.24, 2.45) is 0 Å². The number of Topliss-reactive ketones (excluding diaryl/α,β-unsaturated/α-hetero) is 1. The van der Waals surface area contributed by atoms with E-state index in [1.165, 1.54) is 0 Å². The van der Waals surface area contributed by atoms with Gasteiger partial charge in [-0.3, -0.25) is 4.79 Å². The highest BCUT2D eigenvalue weighted by molar-refractivity contribution is 6.30. The highest BCUT2D eigenvalue weighted by Gasteiger charge is 2.36. The van der Waals surface area contributed by atoms with E-state index in [-0.39, 0.29) is 5.78 Å². The molecule has 1 aromatic carbocycles. The van der Waals surface area contributed by atoms with Gasteiger partial charge in [-0.15, -0.1) is 0 Å². The standard InChI is InChI=1S/C12H14ClNO/c1-12(11(15)3-2-8-14-12)9-4-6-10(13)7-5-9/h4-7,14H,2-3,8H2,1H3. The zero-order chi connectivity index (χ0) is 10.9. The molecule has 0 saturated carbocycles. The van der Waals surface area contributed by atoms with Gasteiger partial charge in [-0.1, -0.05) is 23.7 Å². The van der Waals surface area contributed by atoms with Crippen LogP contribution >= 0.6 is 11.6 Å². The molecule has 1 atom stereocenters. The van der Waals surface area contributed by atoms with E-state index in [2.05, 4.69) is 5.32 Å². The zero-order valence-electron chi connectivity index (χ0n) is 8.72. The lowest BCUT2D eigenvalue weighted by atomic mass is 9.83. The average molecular weight is 224 g/mol. The molecular weight excluding hydrogens is 210 g/mol. The van der Waals surface area contributed by atoms with Crippen molar-refractivity contribution >= 4 is 17.4 Å². The number of benzene rings is 1. The molecule has 15 heavy (non-hydrogen) atoms. The van der Waals surface area contributed by atoms with E-state index >= 15 is 0 Å². The van der Waals surface area contributed by atoms with Gasteiger partial charge in [-0.25, -0.2) is 0 Å². The highest BCUT2D eigenvalue weighted by atomic mass is 35.5. The van der Waals surface area contributed by atoms with Crippen molar-refractivity contribution in [3.05, 3.63) is 34.9 Å². The molecule has 0 aromatic heterocycles. The van der Waals surface area contributed by atoms with E-state index in [1.54, 1.807) is 0 Å². The Balaban J connectivity index is 2.35. The van der Waals surface area contributed by atoms with E-state index in [9.17, 15) is 4.79 Å². The van der Waals surface area contributed by atoms with Crippen LogP contribution in [0.4, 0.5) is 0 Å². The van der Waals surface area contributed by atoms with Crippen LogP contribution in [0.5, 0.6) is 0 Å². The van der Waals surface area contributed by atoms with Crippen LogP contribution in [0.2, 0.25) is 5.02 Å². The van der Waals surface area contributed by atoms with Crippen molar-refractivity contribution in [3.8, 4) is 0 Å². The monoisotopic (exact) mass is 223 g/mol. The van der Waals surface area contributed by atoms with Crippen molar-refractivity contribution in [2.75, 3.05) is 6.54 Å². The molecular formula is C12H14ClNO. The Morgan fingerprint density at radius 1 is 1.33 bits per heavy atom. The number of hydrogen-bond donors (Lipinski definition) is 1. The van der Waals surface area contributed by atoms with Crippen LogP contribution in [0.1, 0.15) is 25.3 Å². The second-order valence-corrected chi connectivity index (χ2v) is 4.52. The molecule has 1 aromatic rings. The molecule has 0 amide bonds. The van der Waals surface area contributed by atoms with Gasteiger partial charge in [-0.2, -0.15) is 0 Å². The molecule has 1 N–H and O–H groups in total. The van der Waals surface area contributed by atoms with Gasteiger partial charge in [0.1, 0.15) is 5.54 Å². The zero-order valence-corrected chi connectivity index (χ0v) is 9.47. The second kappa shape index (κ2) is 3.95. The van der Waals surface area contributed by atoms with Crippen molar-refractivity contribution < 1.29 is 4.79 Å². The molecule has 0 radical (unpaired) electrons. The molecule has 2 rings (SSSR count). The molecule has 0 spiro atoms. The average Bonchev–Trinajstić information content (AvgIpc) is 2.23. The van der Waals surface area contributed by atoms with Crippen molar-refractivity contribution in [2.45, 2.75) is 25.3 Å². The van der Waals surface area contributed by atoms with Crippen molar-refractivity contribution in [3.63, 3.8) is 0 Å². The summed E-state index contributed by atoms with van der Waals surface area (Å²) in [6.07, 6.45) is 1.59. The maximum Gasteiger partial charge on any atom is 0.157 e. The summed E-state index contributed by atoms with van der Waals surface area (Å²) in [4.78, 5) is 11.9. The van der Waals surface area contributed by atoms with E-state index in [4.69, 9.17) is 11.6 Å². The van der Waals surface area contributed by atoms with Crippen LogP contribution < -0.4 is 5.32 Å². The van der Waals surface area contributed by atoms with Gasteiger partial charge >= 0.3 is 0 Å². The van der Waals surface area contributed by atoms with Crippen molar-refractivity contribution in [1.29, 1.82) is 0 Å². The SMILES string of the molecule is CC1(c2ccc(Cl)cc2)NCCCC1=O. The highest BCUT2D eigenvalue weighted by Crippen LogP contribution is 2.27. The Morgan fingerprint density at radius 3 is 2.60 bits per heavy atom. The van der Waals surface area contributed by atoms with Crippen LogP contribution in [0.15, 0.2) is 24.3 Å². The van der Waals surface area contributed by atoms with Gasteiger partial charge < -0.3 is 5.32 Å². The lowest BCUT2D eigenvalue weighted by Crippen LogP contribution is -2.50. The molecule has 80 valence electrons. The topological polar surface area (TPSA) is 29.1 Å². The third-order valence-corrected chi connectivity index (χ3v) is 3.29. The number of halogens is 1. The summed E-state index contributed by atoms with van der Waals surface area (Å²) in [6.45, 7) is 2.84. The summed E-state index contributed by atoms with van der Waals surface area (Å²) in [5.74, 6) is 0.260. The number of nitrogens with one attached hydrogen (secondary N) is 1. The Morgan fingerprint density at radius 2 is 2.00 bits per heavy atom. The summed E-state index contributed by atoms with van der Waals surface area (Å²) in [7, 11) is 0. The molecule has 1 saturated heterocycles. The molecule has 0 aliphatic carbocycles. The van der Waals surface area contributed by atoms with Gasteiger partial charge in [-0.05, 0) is 37.6 Å². The Hall–Kier alpha value is -0.860. The van der Waals surface area contributed by atoms with Gasteiger partial charge in [0, 0.05) is 11.4 Å². The molecule has 1 aliphatic heterocycles. The second-order valence-electron chi connectivity index (χ2n) is 4.09. The van der Waals surface area contributed by atoms with Crippen LogP contribution in [0.25, 0.3) is 0 Å². The van der Waals surface area contributed by atoms with Gasteiger partial charge in [0.25, 0.3) is 0 Å². The number of hydrogen-bond acceptors (Lipinski definition) is 2. The first-order valence-electron chi connectivity index (χ1n) is 5.17. The smallest absolute Gasteiger partial charge is 0.157 e. The molecule has 1 fully saturated rings. The minimum Gasteiger partial charge on any atom is -0.301 e. The maximum atomic E-state index is 11.9. The third kappa shape index (κ3) is 1.92. The summed E-state index contributed by atoms with van der Waals surface area (Å²) in [6, 6.07) is 7.48. The lowest BCUT2D eigenvalue weighted by Gasteiger charge is -2.33. The van der Waals surface area contributed by atoms with E-state index in [0.717, 1.165) is 18.5 Å². The molecule has 0 bridgehead atoms. The van der Waals surface area contributed by atoms with Crippen LogP contribution in [-0.4, -0.2) is 12.3 Å². The van der Waals surface area contributed by atoms with Gasteiger partial charge in [0.05, 0.1) is 0 Å². The first-order valence-corrected chi connectivity index (χ1v) is 5.55. The number of piperidine rings is 1. The van der Waals surface area contributed by atoms with Crippen LogP contribution in [0, 0.1) is 0 Å². The van der Waals surface area contributed by atoms with Crippen molar-refractivity contribution in [1.82, 2.24) is 5.32 Å². The van der Waals surface area contributed by atoms with Gasteiger partial charge in [0.2, 0.25) is 0 Å². The van der Waals surface area contributed by atoms with E-state index < -0.39 is 5.54 Å². The number of rotatable bonds is 1. The summed E-state index contributed by atoms with van der Waals surface area (Å²) < 4.78 is 0. The number of carbonyl (C=O) groups is 1. The predicted octanol–water partition coefficient (Wildman–Crippen LogP) is 2.51. The Bertz CT molecular complexity index is 374. The number of ketones is 1. The molecule has 1 heterocycles. The van der Waals surface area contributed by atoms with Crippen LogP contribution in [0.3, 0.4) is 0 Å². The maximum absolute atomic E-state index is 11.9. The molecule has 3 heteroatoms. The predicted molar refractivity (Wildman–Crippen MR) is 61.0 cm³/mol. The fraction of sp³-hybridized carbons (Fsp3) is 0.417. The first-order chi connectivity index (χ1) is 7.13. The van der Waals surface area contributed by atoms with Crippen LogP contribution in [-0.2, 0) is 10.3 Å². The largest absolute Gasteiger partial charge is 0.301 e. The summed E-state index contributed by atoms with van der Waals surface area (Å²) in [5.41, 5.74) is 0.472. The molecule has 2 nitrogen and oxygen atoms in total. The van der Waals surface area contributed by atoms with E-state index in [0.29, 0.717) is 11.4 Å². The minimum absolute atomic E-state index is 0.260. The summed E-state index contributed by atoms with van der Waals surface area (Å²) >= 11 is 5.83. The summed E-state index contributed by atoms with van der Waals surface area (Å²) in [5, 5.41) is 3.99. The Labute approximate surface area is 94.6 Å². The fourth-order valence-corrected chi connectivity index (χ4v) is 2.11. The normalized spacial score (nSPS) is 26.7. The van der Waals surface area contributed by atoms with E-state index in [1.807, 2.05) is 31.2 Å². The quantitative estimate of drug-likeness (QED) is 0.793.